The van der Waals surface area contributed by atoms with Crippen LogP contribution in [0.3, 0.4) is 0 Å². The third-order valence-corrected chi connectivity index (χ3v) is 1.71. The highest BCUT2D eigenvalue weighted by Crippen LogP contribution is 2.04. The van der Waals surface area contributed by atoms with Crippen molar-refractivity contribution in [2.45, 2.75) is 6.54 Å². The molecule has 0 aliphatic rings. The van der Waals surface area contributed by atoms with Crippen molar-refractivity contribution in [3.8, 4) is 5.88 Å². The van der Waals surface area contributed by atoms with Gasteiger partial charge in [0.05, 0.1) is 12.7 Å². The van der Waals surface area contributed by atoms with Crippen molar-refractivity contribution < 1.29 is 5.11 Å². The maximum atomic E-state index is 8.94. The summed E-state index contributed by atoms with van der Waals surface area (Å²) in [5.41, 5.74) is 1.13. The molecule has 0 saturated carbocycles. The second-order valence-electron chi connectivity index (χ2n) is 2.76. The summed E-state index contributed by atoms with van der Waals surface area (Å²) in [5, 5.41) is 16.1. The van der Waals surface area contributed by atoms with E-state index in [0.29, 0.717) is 6.54 Å². The molecule has 0 unspecified atom stereocenters. The quantitative estimate of drug-likeness (QED) is 0.741. The van der Waals surface area contributed by atoms with E-state index < -0.39 is 0 Å². The Labute approximate surface area is 75.4 Å². The monoisotopic (exact) mass is 175 g/mol. The maximum absolute atomic E-state index is 8.94. The number of nitrogens with zero attached hydrogens (tertiary/aromatic N) is 3. The minimum atomic E-state index is -0.0454. The van der Waals surface area contributed by atoms with Crippen LogP contribution < -0.4 is 0 Å². The van der Waals surface area contributed by atoms with Gasteiger partial charge in [-0.3, -0.25) is 0 Å². The molecule has 0 atom stereocenters. The number of hydrogen-bond acceptors (Lipinski definition) is 3. The first-order valence-corrected chi connectivity index (χ1v) is 3.97. The molecule has 1 N–H and O–H groups in total. The van der Waals surface area contributed by atoms with Gasteiger partial charge in [0.2, 0.25) is 0 Å². The highest BCUT2D eigenvalue weighted by atomic mass is 16.3. The number of aromatic nitrogens is 3. The number of rotatable bonds is 2. The van der Waals surface area contributed by atoms with E-state index in [1.807, 2.05) is 30.3 Å². The van der Waals surface area contributed by atoms with E-state index >= 15 is 0 Å². The van der Waals surface area contributed by atoms with Gasteiger partial charge >= 0.3 is 0 Å². The Bertz CT molecular complexity index is 383. The third-order valence-electron chi connectivity index (χ3n) is 1.71. The highest BCUT2D eigenvalue weighted by molar-refractivity contribution is 5.15. The minimum Gasteiger partial charge on any atom is -0.491 e. The van der Waals surface area contributed by atoms with Gasteiger partial charge in [0.15, 0.2) is 0 Å². The summed E-state index contributed by atoms with van der Waals surface area (Å²) in [6, 6.07) is 9.89. The van der Waals surface area contributed by atoms with E-state index in [4.69, 9.17) is 5.11 Å². The standard InChI is InChI=1S/C9H9N3O/c13-9-7-12(11-10-9)6-8-4-2-1-3-5-8/h1-5,7,13H,6H2. The normalized spacial score (nSPS) is 10.2. The zero-order valence-electron chi connectivity index (χ0n) is 6.96. The third kappa shape index (κ3) is 1.84. The van der Waals surface area contributed by atoms with Crippen LogP contribution in [0.25, 0.3) is 0 Å². The van der Waals surface area contributed by atoms with Crippen LogP contribution in [0, 0.1) is 0 Å². The molecule has 0 saturated heterocycles. The first-order chi connectivity index (χ1) is 6.34. The summed E-state index contributed by atoms with van der Waals surface area (Å²) in [5.74, 6) is -0.0454. The Hall–Kier alpha value is -1.84. The van der Waals surface area contributed by atoms with Crippen LogP contribution in [0.2, 0.25) is 0 Å². The van der Waals surface area contributed by atoms with E-state index in [0.717, 1.165) is 5.56 Å². The van der Waals surface area contributed by atoms with Crippen molar-refractivity contribution in [2.75, 3.05) is 0 Å². The van der Waals surface area contributed by atoms with Gasteiger partial charge in [-0.15, -0.1) is 0 Å². The van der Waals surface area contributed by atoms with Gasteiger partial charge in [-0.25, -0.2) is 4.68 Å². The van der Waals surface area contributed by atoms with Gasteiger partial charge in [-0.1, -0.05) is 40.6 Å². The maximum Gasteiger partial charge on any atom is 0.251 e. The first kappa shape index (κ1) is 7.79. The molecular formula is C9H9N3O. The molecule has 0 aliphatic carbocycles. The van der Waals surface area contributed by atoms with Crippen LogP contribution in [0.4, 0.5) is 0 Å². The molecule has 1 heterocycles. The predicted octanol–water partition coefficient (Wildman–Crippen LogP) is 1.03. The Kier molecular flexibility index (Phi) is 1.96. The van der Waals surface area contributed by atoms with Crippen LogP contribution in [-0.2, 0) is 6.54 Å². The molecule has 0 bridgehead atoms. The van der Waals surface area contributed by atoms with E-state index in [2.05, 4.69) is 10.3 Å². The fourth-order valence-electron chi connectivity index (χ4n) is 1.14. The molecule has 1 aromatic carbocycles. The Morgan fingerprint density at radius 2 is 2.00 bits per heavy atom. The minimum absolute atomic E-state index is 0.0454. The molecule has 0 aliphatic heterocycles. The predicted molar refractivity (Wildman–Crippen MR) is 47.2 cm³/mol. The van der Waals surface area contributed by atoms with Crippen LogP contribution in [0.1, 0.15) is 5.56 Å². The van der Waals surface area contributed by atoms with Gasteiger partial charge in [-0.2, -0.15) is 0 Å². The second kappa shape index (κ2) is 3.26. The first-order valence-electron chi connectivity index (χ1n) is 3.97. The van der Waals surface area contributed by atoms with Gasteiger partial charge in [0.25, 0.3) is 5.88 Å². The zero-order chi connectivity index (χ0) is 9.10. The summed E-state index contributed by atoms with van der Waals surface area (Å²) >= 11 is 0. The lowest BCUT2D eigenvalue weighted by Crippen LogP contribution is -1.99. The van der Waals surface area contributed by atoms with E-state index in [1.165, 1.54) is 6.20 Å². The summed E-state index contributed by atoms with van der Waals surface area (Å²) in [6.45, 7) is 0.633. The number of benzene rings is 1. The molecule has 13 heavy (non-hydrogen) atoms. The molecule has 0 radical (unpaired) electrons. The molecule has 4 nitrogen and oxygen atoms in total. The fraction of sp³-hybridized carbons (Fsp3) is 0.111. The van der Waals surface area contributed by atoms with E-state index in [1.54, 1.807) is 4.68 Å². The molecule has 1 aromatic heterocycles. The van der Waals surface area contributed by atoms with Gasteiger partial charge < -0.3 is 5.11 Å². The Morgan fingerprint density at radius 3 is 2.62 bits per heavy atom. The van der Waals surface area contributed by atoms with Crippen LogP contribution >= 0.6 is 0 Å². The largest absolute Gasteiger partial charge is 0.491 e. The van der Waals surface area contributed by atoms with Crippen LogP contribution in [0.5, 0.6) is 5.88 Å². The lowest BCUT2D eigenvalue weighted by atomic mass is 10.2. The molecule has 0 amide bonds. The molecule has 0 spiro atoms. The smallest absolute Gasteiger partial charge is 0.251 e. The highest BCUT2D eigenvalue weighted by Gasteiger charge is 1.97. The zero-order valence-corrected chi connectivity index (χ0v) is 6.96. The summed E-state index contributed by atoms with van der Waals surface area (Å²) in [7, 11) is 0. The molecule has 4 heteroatoms. The lowest BCUT2D eigenvalue weighted by Gasteiger charge is -1.98. The van der Waals surface area contributed by atoms with Crippen molar-refractivity contribution in [1.29, 1.82) is 0 Å². The summed E-state index contributed by atoms with van der Waals surface area (Å²) in [4.78, 5) is 0. The summed E-state index contributed by atoms with van der Waals surface area (Å²) < 4.78 is 1.59. The molecule has 66 valence electrons. The van der Waals surface area contributed by atoms with Crippen molar-refractivity contribution in [2.24, 2.45) is 0 Å². The van der Waals surface area contributed by atoms with Crippen LogP contribution in [-0.4, -0.2) is 20.1 Å². The van der Waals surface area contributed by atoms with Crippen molar-refractivity contribution >= 4 is 0 Å². The molecule has 0 fully saturated rings. The van der Waals surface area contributed by atoms with E-state index in [-0.39, 0.29) is 5.88 Å². The van der Waals surface area contributed by atoms with Crippen LogP contribution in [0.15, 0.2) is 36.5 Å². The molecule has 2 rings (SSSR count). The van der Waals surface area contributed by atoms with Gasteiger partial charge in [-0.05, 0) is 5.56 Å². The second-order valence-corrected chi connectivity index (χ2v) is 2.76. The summed E-state index contributed by atoms with van der Waals surface area (Å²) in [6.07, 6.45) is 1.49. The van der Waals surface area contributed by atoms with Gasteiger partial charge in [0.1, 0.15) is 0 Å². The van der Waals surface area contributed by atoms with E-state index in [9.17, 15) is 0 Å². The molecule has 2 aromatic rings. The molecular weight excluding hydrogens is 166 g/mol. The number of aromatic hydroxyl groups is 1. The lowest BCUT2D eigenvalue weighted by molar-refractivity contribution is 0.452. The average molecular weight is 175 g/mol. The van der Waals surface area contributed by atoms with Crippen molar-refractivity contribution in [3.05, 3.63) is 42.1 Å². The topological polar surface area (TPSA) is 50.9 Å². The average Bonchev–Trinajstić information content (AvgIpc) is 2.53. The van der Waals surface area contributed by atoms with Gasteiger partial charge in [0, 0.05) is 0 Å². The fourth-order valence-corrected chi connectivity index (χ4v) is 1.14. The SMILES string of the molecule is Oc1cn(Cc2ccccc2)nn1. The van der Waals surface area contributed by atoms with Crippen molar-refractivity contribution in [1.82, 2.24) is 15.0 Å². The Morgan fingerprint density at radius 1 is 1.23 bits per heavy atom. The number of hydrogen-bond donors (Lipinski definition) is 1. The van der Waals surface area contributed by atoms with Crippen molar-refractivity contribution in [3.63, 3.8) is 0 Å². The Balaban J connectivity index is 2.15.